The van der Waals surface area contributed by atoms with Crippen LogP contribution in [0, 0.1) is 0 Å². The number of nitrogens with one attached hydrogen (secondary N) is 2. The van der Waals surface area contributed by atoms with Crippen molar-refractivity contribution in [2.24, 2.45) is 0 Å². The third-order valence-electron chi connectivity index (χ3n) is 2.45. The van der Waals surface area contributed by atoms with Crippen LogP contribution in [0.25, 0.3) is 0 Å². The number of carbonyl (C=O) groups is 1. The SMILES string of the molecule is C=C(C)COCCNC(=O)Nc1ccccc1COC. The fraction of sp³-hybridized carbons (Fsp3) is 0.400. The summed E-state index contributed by atoms with van der Waals surface area (Å²) in [5.74, 6) is 0. The van der Waals surface area contributed by atoms with E-state index in [9.17, 15) is 4.79 Å². The van der Waals surface area contributed by atoms with E-state index < -0.39 is 0 Å². The fourth-order valence-corrected chi connectivity index (χ4v) is 1.57. The normalized spacial score (nSPS) is 10.1. The summed E-state index contributed by atoms with van der Waals surface area (Å²) in [6.07, 6.45) is 0. The van der Waals surface area contributed by atoms with Crippen molar-refractivity contribution in [2.75, 3.05) is 32.2 Å². The molecule has 5 nitrogen and oxygen atoms in total. The molecular weight excluding hydrogens is 256 g/mol. The molecule has 2 N–H and O–H groups in total. The van der Waals surface area contributed by atoms with Crippen LogP contribution in [0.5, 0.6) is 0 Å². The zero-order valence-electron chi connectivity index (χ0n) is 12.1. The predicted molar refractivity (Wildman–Crippen MR) is 79.8 cm³/mol. The van der Waals surface area contributed by atoms with Crippen molar-refractivity contribution in [3.8, 4) is 0 Å². The molecule has 0 saturated heterocycles. The van der Waals surface area contributed by atoms with Gasteiger partial charge >= 0.3 is 6.03 Å². The molecule has 0 atom stereocenters. The van der Waals surface area contributed by atoms with Gasteiger partial charge in [0.1, 0.15) is 0 Å². The maximum atomic E-state index is 11.7. The van der Waals surface area contributed by atoms with Gasteiger partial charge in [-0.1, -0.05) is 30.4 Å². The summed E-state index contributed by atoms with van der Waals surface area (Å²) in [6, 6.07) is 7.27. The highest BCUT2D eigenvalue weighted by atomic mass is 16.5. The molecule has 0 unspecified atom stereocenters. The Morgan fingerprint density at radius 2 is 2.10 bits per heavy atom. The standard InChI is InChI=1S/C15H22N2O3/c1-12(2)10-20-9-8-16-15(18)17-14-7-5-4-6-13(14)11-19-3/h4-7H,1,8-11H2,2-3H3,(H2,16,17,18). The molecule has 0 heterocycles. The van der Waals surface area contributed by atoms with E-state index in [1.807, 2.05) is 31.2 Å². The molecule has 0 aliphatic carbocycles. The van der Waals surface area contributed by atoms with E-state index in [0.717, 1.165) is 16.8 Å². The lowest BCUT2D eigenvalue weighted by Crippen LogP contribution is -2.32. The van der Waals surface area contributed by atoms with Crippen molar-refractivity contribution < 1.29 is 14.3 Å². The van der Waals surface area contributed by atoms with Crippen molar-refractivity contribution in [1.29, 1.82) is 0 Å². The molecule has 0 aliphatic heterocycles. The minimum atomic E-state index is -0.257. The van der Waals surface area contributed by atoms with Gasteiger partial charge in [0.2, 0.25) is 0 Å². The maximum absolute atomic E-state index is 11.7. The smallest absolute Gasteiger partial charge is 0.319 e. The molecule has 2 amide bonds. The first-order valence-electron chi connectivity index (χ1n) is 6.47. The summed E-state index contributed by atoms with van der Waals surface area (Å²) in [6.45, 7) is 7.51. The second kappa shape index (κ2) is 9.12. The Balaban J connectivity index is 2.33. The number of anilines is 1. The van der Waals surface area contributed by atoms with Gasteiger partial charge in [0.05, 0.1) is 19.8 Å². The van der Waals surface area contributed by atoms with Crippen molar-refractivity contribution in [1.82, 2.24) is 5.32 Å². The average molecular weight is 278 g/mol. The van der Waals surface area contributed by atoms with Crippen LogP contribution < -0.4 is 10.6 Å². The van der Waals surface area contributed by atoms with Crippen LogP contribution in [0.4, 0.5) is 10.5 Å². The number of rotatable bonds is 8. The Bertz CT molecular complexity index is 446. The molecule has 5 heteroatoms. The van der Waals surface area contributed by atoms with Crippen LogP contribution in [0.2, 0.25) is 0 Å². The van der Waals surface area contributed by atoms with Gasteiger partial charge < -0.3 is 20.1 Å². The van der Waals surface area contributed by atoms with E-state index in [-0.39, 0.29) is 6.03 Å². The minimum Gasteiger partial charge on any atom is -0.380 e. The molecule has 1 rings (SSSR count). The summed E-state index contributed by atoms with van der Waals surface area (Å²) < 4.78 is 10.4. The van der Waals surface area contributed by atoms with E-state index in [1.54, 1.807) is 7.11 Å². The molecule has 110 valence electrons. The van der Waals surface area contributed by atoms with E-state index in [1.165, 1.54) is 0 Å². The van der Waals surface area contributed by atoms with Crippen molar-refractivity contribution in [3.05, 3.63) is 42.0 Å². The van der Waals surface area contributed by atoms with Crippen LogP contribution >= 0.6 is 0 Å². The fourth-order valence-electron chi connectivity index (χ4n) is 1.57. The third kappa shape index (κ3) is 6.36. The van der Waals surface area contributed by atoms with Gasteiger partial charge in [-0.3, -0.25) is 0 Å². The Morgan fingerprint density at radius 1 is 1.35 bits per heavy atom. The van der Waals surface area contributed by atoms with E-state index in [4.69, 9.17) is 9.47 Å². The maximum Gasteiger partial charge on any atom is 0.319 e. The average Bonchev–Trinajstić information content (AvgIpc) is 2.40. The van der Waals surface area contributed by atoms with E-state index in [0.29, 0.717) is 26.4 Å². The highest BCUT2D eigenvalue weighted by Gasteiger charge is 2.05. The van der Waals surface area contributed by atoms with Crippen molar-refractivity contribution >= 4 is 11.7 Å². The highest BCUT2D eigenvalue weighted by molar-refractivity contribution is 5.90. The number of benzene rings is 1. The molecular formula is C15H22N2O3. The number of para-hydroxylation sites is 1. The van der Waals surface area contributed by atoms with Crippen LogP contribution in [0.3, 0.4) is 0 Å². The minimum absolute atomic E-state index is 0.257. The lowest BCUT2D eigenvalue weighted by molar-refractivity contribution is 0.159. The Morgan fingerprint density at radius 3 is 2.80 bits per heavy atom. The van der Waals surface area contributed by atoms with E-state index in [2.05, 4.69) is 17.2 Å². The second-order valence-electron chi connectivity index (χ2n) is 4.48. The number of ether oxygens (including phenoxy) is 2. The summed E-state index contributed by atoms with van der Waals surface area (Å²) in [7, 11) is 1.62. The monoisotopic (exact) mass is 278 g/mol. The van der Waals surface area contributed by atoms with Crippen LogP contribution in [-0.2, 0) is 16.1 Å². The van der Waals surface area contributed by atoms with Crippen LogP contribution in [-0.4, -0.2) is 32.9 Å². The van der Waals surface area contributed by atoms with Gasteiger partial charge in [0, 0.05) is 24.9 Å². The zero-order chi connectivity index (χ0) is 14.8. The number of urea groups is 1. The van der Waals surface area contributed by atoms with Gasteiger partial charge in [-0.2, -0.15) is 0 Å². The quantitative estimate of drug-likeness (QED) is 0.567. The largest absolute Gasteiger partial charge is 0.380 e. The molecule has 20 heavy (non-hydrogen) atoms. The predicted octanol–water partition coefficient (Wildman–Crippen LogP) is 2.55. The first-order valence-corrected chi connectivity index (χ1v) is 6.47. The molecule has 0 spiro atoms. The van der Waals surface area contributed by atoms with Crippen molar-refractivity contribution in [3.63, 3.8) is 0 Å². The topological polar surface area (TPSA) is 59.6 Å². The van der Waals surface area contributed by atoms with Crippen LogP contribution in [0.15, 0.2) is 36.4 Å². The molecule has 1 aromatic rings. The molecule has 0 bridgehead atoms. The number of amides is 2. The van der Waals surface area contributed by atoms with E-state index >= 15 is 0 Å². The van der Waals surface area contributed by atoms with Gasteiger partial charge in [0.25, 0.3) is 0 Å². The summed E-state index contributed by atoms with van der Waals surface area (Å²) >= 11 is 0. The molecule has 0 radical (unpaired) electrons. The lowest BCUT2D eigenvalue weighted by atomic mass is 10.2. The van der Waals surface area contributed by atoms with Gasteiger partial charge in [-0.25, -0.2) is 4.79 Å². The molecule has 1 aromatic carbocycles. The number of hydrogen-bond donors (Lipinski definition) is 2. The summed E-state index contributed by atoms with van der Waals surface area (Å²) in [5, 5.41) is 5.52. The first kappa shape index (κ1) is 16.2. The Hall–Kier alpha value is -1.85. The third-order valence-corrected chi connectivity index (χ3v) is 2.45. The number of methoxy groups -OCH3 is 1. The second-order valence-corrected chi connectivity index (χ2v) is 4.48. The zero-order valence-corrected chi connectivity index (χ0v) is 12.1. The summed E-state index contributed by atoms with van der Waals surface area (Å²) in [4.78, 5) is 11.7. The van der Waals surface area contributed by atoms with Gasteiger partial charge in [-0.05, 0) is 13.0 Å². The number of hydrogen-bond acceptors (Lipinski definition) is 3. The molecule has 0 fully saturated rings. The molecule has 0 aliphatic rings. The first-order chi connectivity index (χ1) is 9.63. The van der Waals surface area contributed by atoms with Gasteiger partial charge in [0.15, 0.2) is 0 Å². The molecule has 0 aromatic heterocycles. The Labute approximate surface area is 120 Å². The molecule has 0 saturated carbocycles. The summed E-state index contributed by atoms with van der Waals surface area (Å²) in [5.41, 5.74) is 2.64. The van der Waals surface area contributed by atoms with Crippen molar-refractivity contribution in [2.45, 2.75) is 13.5 Å². The lowest BCUT2D eigenvalue weighted by Gasteiger charge is -2.11. The Kier molecular flexibility index (Phi) is 7.39. The number of carbonyl (C=O) groups excluding carboxylic acids is 1. The van der Waals surface area contributed by atoms with Crippen LogP contribution in [0.1, 0.15) is 12.5 Å². The highest BCUT2D eigenvalue weighted by Crippen LogP contribution is 2.15. The van der Waals surface area contributed by atoms with Gasteiger partial charge in [-0.15, -0.1) is 0 Å².